The largest absolute Gasteiger partial charge is 0.496 e. The highest BCUT2D eigenvalue weighted by Gasteiger charge is 2.21. The van der Waals surface area contributed by atoms with Crippen LogP contribution in [0.5, 0.6) is 17.2 Å². The highest BCUT2D eigenvalue weighted by Crippen LogP contribution is 2.44. The van der Waals surface area contributed by atoms with Gasteiger partial charge in [-0.2, -0.15) is 10.2 Å². The normalized spacial score (nSPS) is 10.4. The van der Waals surface area contributed by atoms with E-state index in [-0.39, 0.29) is 5.91 Å². The van der Waals surface area contributed by atoms with E-state index in [0.717, 1.165) is 0 Å². The number of nitrogens with zero attached hydrogens (tertiary/aromatic N) is 4. The molecule has 10 heteroatoms. The Morgan fingerprint density at radius 2 is 1.93 bits per heavy atom. The van der Waals surface area contributed by atoms with Crippen molar-refractivity contribution in [2.75, 3.05) is 14.2 Å². The molecule has 1 N–H and O–H groups in total. The fourth-order valence-corrected chi connectivity index (χ4v) is 2.76. The quantitative estimate of drug-likeness (QED) is 0.646. The molecule has 0 saturated heterocycles. The van der Waals surface area contributed by atoms with Crippen molar-refractivity contribution in [3.8, 4) is 34.1 Å². The second-order valence-corrected chi connectivity index (χ2v) is 5.76. The highest BCUT2D eigenvalue weighted by atomic mass is 35.5. The van der Waals surface area contributed by atoms with Crippen molar-refractivity contribution in [2.24, 2.45) is 0 Å². The lowest BCUT2D eigenvalue weighted by Crippen LogP contribution is -2.24. The SMILES string of the molecule is COc1cc(OC)c(-c2c(ONC(C)=O)cccc2-n2cnnn2)cc1Cl. The number of carbonyl (C=O) groups excluding carboxylic acids is 1. The molecule has 2 aromatic carbocycles. The first-order valence-electron chi connectivity index (χ1n) is 7.76. The number of carbonyl (C=O) groups is 1. The predicted molar refractivity (Wildman–Crippen MR) is 97.1 cm³/mol. The maximum Gasteiger partial charge on any atom is 0.249 e. The topological polar surface area (TPSA) is 100 Å². The zero-order valence-electron chi connectivity index (χ0n) is 14.8. The lowest BCUT2D eigenvalue weighted by Gasteiger charge is -2.18. The Hall–Kier alpha value is -3.33. The Balaban J connectivity index is 2.26. The van der Waals surface area contributed by atoms with E-state index in [1.165, 1.54) is 32.2 Å². The molecule has 9 nitrogen and oxygen atoms in total. The molecule has 3 aromatic rings. The van der Waals surface area contributed by atoms with Gasteiger partial charge in [-0.05, 0) is 28.6 Å². The number of hydroxylamine groups is 1. The first-order valence-corrected chi connectivity index (χ1v) is 8.14. The van der Waals surface area contributed by atoms with Gasteiger partial charge in [0.25, 0.3) is 0 Å². The molecule has 1 aromatic heterocycles. The van der Waals surface area contributed by atoms with Crippen molar-refractivity contribution in [2.45, 2.75) is 6.92 Å². The second-order valence-electron chi connectivity index (χ2n) is 5.35. The fourth-order valence-electron chi connectivity index (χ4n) is 2.52. The molecule has 0 radical (unpaired) electrons. The third-order valence-electron chi connectivity index (χ3n) is 3.65. The summed E-state index contributed by atoms with van der Waals surface area (Å²) in [7, 11) is 3.04. The van der Waals surface area contributed by atoms with E-state index in [0.29, 0.717) is 39.1 Å². The number of methoxy groups -OCH3 is 2. The zero-order valence-corrected chi connectivity index (χ0v) is 15.5. The van der Waals surface area contributed by atoms with Crippen LogP contribution in [0.3, 0.4) is 0 Å². The molecule has 0 aliphatic carbocycles. The van der Waals surface area contributed by atoms with Gasteiger partial charge in [0.05, 0.1) is 30.5 Å². The number of nitrogens with one attached hydrogen (secondary N) is 1. The predicted octanol–water partition coefficient (Wildman–Crippen LogP) is 2.43. The van der Waals surface area contributed by atoms with Crippen LogP contribution in [0.15, 0.2) is 36.7 Å². The lowest BCUT2D eigenvalue weighted by molar-refractivity contribution is -0.125. The summed E-state index contributed by atoms with van der Waals surface area (Å²) < 4.78 is 12.2. The molecular weight excluding hydrogens is 374 g/mol. The van der Waals surface area contributed by atoms with Gasteiger partial charge in [0, 0.05) is 18.6 Å². The Morgan fingerprint density at radius 3 is 2.56 bits per heavy atom. The van der Waals surface area contributed by atoms with Crippen molar-refractivity contribution in [1.29, 1.82) is 0 Å². The number of hydrogen-bond donors (Lipinski definition) is 1. The Labute approximate surface area is 159 Å². The molecule has 1 heterocycles. The van der Waals surface area contributed by atoms with Gasteiger partial charge in [-0.15, -0.1) is 5.10 Å². The number of halogens is 1. The summed E-state index contributed by atoms with van der Waals surface area (Å²) in [6, 6.07) is 8.58. The number of rotatable bonds is 6. The van der Waals surface area contributed by atoms with E-state index in [4.69, 9.17) is 25.9 Å². The van der Waals surface area contributed by atoms with E-state index in [9.17, 15) is 4.79 Å². The molecule has 0 fully saturated rings. The molecule has 0 unspecified atom stereocenters. The van der Waals surface area contributed by atoms with Crippen LogP contribution >= 0.6 is 11.6 Å². The number of ether oxygens (including phenoxy) is 2. The van der Waals surface area contributed by atoms with E-state index < -0.39 is 0 Å². The fraction of sp³-hybridized carbons (Fsp3) is 0.176. The van der Waals surface area contributed by atoms with Crippen molar-refractivity contribution >= 4 is 17.5 Å². The number of tetrazole rings is 1. The average molecular weight is 390 g/mol. The van der Waals surface area contributed by atoms with Gasteiger partial charge in [-0.1, -0.05) is 17.7 Å². The molecule has 0 saturated carbocycles. The van der Waals surface area contributed by atoms with Crippen LogP contribution in [-0.4, -0.2) is 40.3 Å². The summed E-state index contributed by atoms with van der Waals surface area (Å²) in [5, 5.41) is 11.7. The van der Waals surface area contributed by atoms with E-state index in [1.54, 1.807) is 30.3 Å². The van der Waals surface area contributed by atoms with E-state index >= 15 is 0 Å². The van der Waals surface area contributed by atoms with Gasteiger partial charge in [0.15, 0.2) is 5.75 Å². The van der Waals surface area contributed by atoms with Crippen LogP contribution in [0.1, 0.15) is 6.92 Å². The Kier molecular flexibility index (Phi) is 5.41. The Morgan fingerprint density at radius 1 is 1.15 bits per heavy atom. The number of amides is 1. The molecule has 27 heavy (non-hydrogen) atoms. The van der Waals surface area contributed by atoms with Crippen LogP contribution in [-0.2, 0) is 4.79 Å². The van der Waals surface area contributed by atoms with Crippen LogP contribution in [0.2, 0.25) is 5.02 Å². The number of benzene rings is 2. The summed E-state index contributed by atoms with van der Waals surface area (Å²) in [5.41, 5.74) is 4.10. The third-order valence-corrected chi connectivity index (χ3v) is 3.94. The van der Waals surface area contributed by atoms with Crippen LogP contribution < -0.4 is 19.8 Å². The third kappa shape index (κ3) is 3.77. The summed E-state index contributed by atoms with van der Waals surface area (Å²) in [5.74, 6) is 0.956. The van der Waals surface area contributed by atoms with Gasteiger partial charge in [-0.25, -0.2) is 0 Å². The maximum atomic E-state index is 11.3. The Bertz CT molecular complexity index is 962. The highest BCUT2D eigenvalue weighted by molar-refractivity contribution is 6.32. The molecule has 0 atom stereocenters. The van der Waals surface area contributed by atoms with E-state index in [2.05, 4.69) is 21.0 Å². The molecule has 0 aliphatic rings. The summed E-state index contributed by atoms with van der Waals surface area (Å²) >= 11 is 6.33. The van der Waals surface area contributed by atoms with Crippen molar-refractivity contribution in [3.63, 3.8) is 0 Å². The van der Waals surface area contributed by atoms with Crippen molar-refractivity contribution in [3.05, 3.63) is 41.7 Å². The first kappa shape index (κ1) is 18.5. The maximum absolute atomic E-state index is 11.3. The van der Waals surface area contributed by atoms with Gasteiger partial charge in [0.2, 0.25) is 5.91 Å². The minimum Gasteiger partial charge on any atom is -0.496 e. The van der Waals surface area contributed by atoms with Gasteiger partial charge < -0.3 is 14.3 Å². The first-order chi connectivity index (χ1) is 13.0. The molecule has 1 amide bonds. The molecule has 0 spiro atoms. The second kappa shape index (κ2) is 7.92. The molecule has 3 rings (SSSR count). The summed E-state index contributed by atoms with van der Waals surface area (Å²) in [6.07, 6.45) is 1.44. The molecule has 0 aliphatic heterocycles. The van der Waals surface area contributed by atoms with E-state index in [1.807, 2.05) is 0 Å². The standard InChI is InChI=1S/C17H16ClN5O4/c1-10(24)20-27-14-6-4-5-13(23-9-19-21-22-23)17(14)11-7-12(18)16(26-3)8-15(11)25-2/h4-9H,1-3H3,(H,20,24). The van der Waals surface area contributed by atoms with Crippen LogP contribution in [0, 0.1) is 0 Å². The average Bonchev–Trinajstić information content (AvgIpc) is 3.20. The minimum atomic E-state index is -0.353. The molecule has 140 valence electrons. The van der Waals surface area contributed by atoms with Crippen LogP contribution in [0.25, 0.3) is 16.8 Å². The smallest absolute Gasteiger partial charge is 0.249 e. The van der Waals surface area contributed by atoms with Gasteiger partial charge in [0.1, 0.15) is 17.8 Å². The molecular formula is C17H16ClN5O4. The number of aromatic nitrogens is 4. The zero-order chi connectivity index (χ0) is 19.4. The van der Waals surface area contributed by atoms with Crippen LogP contribution in [0.4, 0.5) is 0 Å². The lowest BCUT2D eigenvalue weighted by atomic mass is 10.0. The summed E-state index contributed by atoms with van der Waals surface area (Å²) in [4.78, 5) is 16.8. The minimum absolute atomic E-state index is 0.353. The monoisotopic (exact) mass is 389 g/mol. The molecule has 0 bridgehead atoms. The van der Waals surface area contributed by atoms with Crippen molar-refractivity contribution in [1.82, 2.24) is 25.7 Å². The van der Waals surface area contributed by atoms with Gasteiger partial charge in [-0.3, -0.25) is 4.79 Å². The number of hydrogen-bond acceptors (Lipinski definition) is 7. The summed E-state index contributed by atoms with van der Waals surface area (Å²) in [6.45, 7) is 1.34. The van der Waals surface area contributed by atoms with Crippen molar-refractivity contribution < 1.29 is 19.1 Å². The van der Waals surface area contributed by atoms with Gasteiger partial charge >= 0.3 is 0 Å².